The van der Waals surface area contributed by atoms with E-state index in [1.165, 1.54) is 18.4 Å². The standard InChI is InChI=1S/C17H24ClNO2/c1-12(2)10-19(14-4-5-14)11-13-8-15(18)17-16(9-13)20-6-3-7-21-17/h8-9,12,14H,3-7,10-11H2,1-2H3. The minimum absolute atomic E-state index is 0.671. The first-order valence-electron chi connectivity index (χ1n) is 7.95. The lowest BCUT2D eigenvalue weighted by molar-refractivity contribution is 0.225. The van der Waals surface area contributed by atoms with Crippen LogP contribution in [0, 0.1) is 5.92 Å². The highest BCUT2D eigenvalue weighted by Crippen LogP contribution is 2.39. The van der Waals surface area contributed by atoms with Crippen LogP contribution >= 0.6 is 11.6 Å². The SMILES string of the molecule is CC(C)CN(Cc1cc(Cl)c2c(c1)OCCCO2)C1CC1. The third kappa shape index (κ3) is 3.83. The maximum Gasteiger partial charge on any atom is 0.179 e. The van der Waals surface area contributed by atoms with E-state index in [2.05, 4.69) is 24.8 Å². The molecule has 21 heavy (non-hydrogen) atoms. The molecule has 116 valence electrons. The van der Waals surface area contributed by atoms with Crippen molar-refractivity contribution in [2.75, 3.05) is 19.8 Å². The van der Waals surface area contributed by atoms with Crippen molar-refractivity contribution in [3.63, 3.8) is 0 Å². The van der Waals surface area contributed by atoms with Gasteiger partial charge in [0, 0.05) is 25.6 Å². The lowest BCUT2D eigenvalue weighted by Gasteiger charge is -2.24. The van der Waals surface area contributed by atoms with Crippen LogP contribution in [0.3, 0.4) is 0 Å². The molecule has 3 nitrogen and oxygen atoms in total. The minimum Gasteiger partial charge on any atom is -0.489 e. The van der Waals surface area contributed by atoms with Gasteiger partial charge in [-0.15, -0.1) is 0 Å². The fourth-order valence-corrected chi connectivity index (χ4v) is 3.15. The van der Waals surface area contributed by atoms with Crippen LogP contribution in [0.2, 0.25) is 5.02 Å². The number of nitrogens with zero attached hydrogens (tertiary/aromatic N) is 1. The van der Waals surface area contributed by atoms with Crippen molar-refractivity contribution in [2.45, 2.75) is 45.7 Å². The van der Waals surface area contributed by atoms with E-state index >= 15 is 0 Å². The van der Waals surface area contributed by atoms with Gasteiger partial charge in [-0.05, 0) is 36.5 Å². The van der Waals surface area contributed by atoms with Gasteiger partial charge in [0.25, 0.3) is 0 Å². The van der Waals surface area contributed by atoms with Gasteiger partial charge in [0.05, 0.1) is 18.2 Å². The van der Waals surface area contributed by atoms with Crippen molar-refractivity contribution in [3.05, 3.63) is 22.7 Å². The average molecular weight is 310 g/mol. The van der Waals surface area contributed by atoms with E-state index in [4.69, 9.17) is 21.1 Å². The molecule has 2 aliphatic rings. The van der Waals surface area contributed by atoms with E-state index in [0.717, 1.165) is 31.3 Å². The maximum atomic E-state index is 6.38. The molecule has 0 atom stereocenters. The molecular formula is C17H24ClNO2. The van der Waals surface area contributed by atoms with Crippen molar-refractivity contribution in [3.8, 4) is 11.5 Å². The summed E-state index contributed by atoms with van der Waals surface area (Å²) in [5.74, 6) is 2.19. The molecule has 0 radical (unpaired) electrons. The van der Waals surface area contributed by atoms with E-state index in [1.54, 1.807) is 0 Å². The second-order valence-corrected chi connectivity index (χ2v) is 6.92. The molecule has 0 unspecified atom stereocenters. The van der Waals surface area contributed by atoms with Gasteiger partial charge >= 0.3 is 0 Å². The Kier molecular flexibility index (Phi) is 4.60. The molecule has 0 spiro atoms. The Labute approximate surface area is 132 Å². The quantitative estimate of drug-likeness (QED) is 0.816. The zero-order valence-electron chi connectivity index (χ0n) is 12.9. The Hall–Kier alpha value is -0.930. The highest BCUT2D eigenvalue weighted by atomic mass is 35.5. The number of fused-ring (bicyclic) bond motifs is 1. The normalized spacial score (nSPS) is 18.1. The fraction of sp³-hybridized carbons (Fsp3) is 0.647. The summed E-state index contributed by atoms with van der Waals surface area (Å²) in [7, 11) is 0. The number of ether oxygens (including phenoxy) is 2. The Morgan fingerprint density at radius 2 is 2.00 bits per heavy atom. The van der Waals surface area contributed by atoms with Crippen molar-refractivity contribution in [1.29, 1.82) is 0 Å². The molecule has 4 heteroatoms. The minimum atomic E-state index is 0.671. The van der Waals surface area contributed by atoms with Crippen LogP contribution in [-0.2, 0) is 6.54 Å². The first kappa shape index (κ1) is 15.0. The van der Waals surface area contributed by atoms with Crippen molar-refractivity contribution < 1.29 is 9.47 Å². The van der Waals surface area contributed by atoms with Crippen LogP contribution in [0.25, 0.3) is 0 Å². The molecule has 1 saturated carbocycles. The Morgan fingerprint density at radius 3 is 2.71 bits per heavy atom. The van der Waals surface area contributed by atoms with Crippen LogP contribution in [-0.4, -0.2) is 30.7 Å². The first-order chi connectivity index (χ1) is 10.1. The first-order valence-corrected chi connectivity index (χ1v) is 8.33. The predicted molar refractivity (Wildman–Crippen MR) is 85.3 cm³/mol. The molecule has 1 heterocycles. The molecular weight excluding hydrogens is 286 g/mol. The predicted octanol–water partition coefficient (Wildman–Crippen LogP) is 4.12. The molecule has 0 saturated heterocycles. The van der Waals surface area contributed by atoms with E-state index in [-0.39, 0.29) is 0 Å². The van der Waals surface area contributed by atoms with Crippen molar-refractivity contribution >= 4 is 11.6 Å². The molecule has 0 aromatic heterocycles. The Balaban J connectivity index is 1.78. The Morgan fingerprint density at radius 1 is 1.24 bits per heavy atom. The number of hydrogen-bond acceptors (Lipinski definition) is 3. The number of halogens is 1. The van der Waals surface area contributed by atoms with Gasteiger partial charge < -0.3 is 9.47 Å². The maximum absolute atomic E-state index is 6.38. The molecule has 3 rings (SSSR count). The second kappa shape index (κ2) is 6.45. The highest BCUT2D eigenvalue weighted by Gasteiger charge is 2.29. The summed E-state index contributed by atoms with van der Waals surface area (Å²) in [4.78, 5) is 2.57. The van der Waals surface area contributed by atoms with Crippen LogP contribution in [0.1, 0.15) is 38.7 Å². The third-order valence-electron chi connectivity index (χ3n) is 3.91. The summed E-state index contributed by atoms with van der Waals surface area (Å²) in [6, 6.07) is 4.88. The lowest BCUT2D eigenvalue weighted by Crippen LogP contribution is -2.29. The molecule has 1 aromatic rings. The van der Waals surface area contributed by atoms with Gasteiger partial charge in [-0.2, -0.15) is 0 Å². The number of rotatable bonds is 5. The Bertz CT molecular complexity index is 500. The smallest absolute Gasteiger partial charge is 0.179 e. The highest BCUT2D eigenvalue weighted by molar-refractivity contribution is 6.32. The molecule has 1 aromatic carbocycles. The van der Waals surface area contributed by atoms with E-state index in [0.29, 0.717) is 29.9 Å². The van der Waals surface area contributed by atoms with Gasteiger partial charge in [0.1, 0.15) is 0 Å². The molecule has 1 fully saturated rings. The van der Waals surface area contributed by atoms with Gasteiger partial charge in [-0.1, -0.05) is 25.4 Å². The van der Waals surface area contributed by atoms with Crippen LogP contribution in [0.15, 0.2) is 12.1 Å². The second-order valence-electron chi connectivity index (χ2n) is 6.51. The molecule has 0 amide bonds. The van der Waals surface area contributed by atoms with E-state index < -0.39 is 0 Å². The third-order valence-corrected chi connectivity index (χ3v) is 4.19. The zero-order chi connectivity index (χ0) is 14.8. The van der Waals surface area contributed by atoms with Gasteiger partial charge in [0.15, 0.2) is 11.5 Å². The lowest BCUT2D eigenvalue weighted by atomic mass is 10.1. The van der Waals surface area contributed by atoms with Gasteiger partial charge in [-0.25, -0.2) is 0 Å². The number of hydrogen-bond donors (Lipinski definition) is 0. The van der Waals surface area contributed by atoms with Crippen LogP contribution < -0.4 is 9.47 Å². The molecule has 1 aliphatic carbocycles. The largest absolute Gasteiger partial charge is 0.489 e. The average Bonchev–Trinajstić information content (AvgIpc) is 3.24. The fourth-order valence-electron chi connectivity index (χ4n) is 2.86. The van der Waals surface area contributed by atoms with E-state index in [1.807, 2.05) is 6.07 Å². The van der Waals surface area contributed by atoms with Gasteiger partial charge in [-0.3, -0.25) is 4.90 Å². The molecule has 0 bridgehead atoms. The van der Waals surface area contributed by atoms with Crippen molar-refractivity contribution in [1.82, 2.24) is 4.90 Å². The van der Waals surface area contributed by atoms with E-state index in [9.17, 15) is 0 Å². The summed E-state index contributed by atoms with van der Waals surface area (Å²) in [6.07, 6.45) is 3.55. The molecule has 0 N–H and O–H groups in total. The number of benzene rings is 1. The summed E-state index contributed by atoms with van der Waals surface area (Å²) in [6.45, 7) is 8.00. The zero-order valence-corrected chi connectivity index (χ0v) is 13.7. The van der Waals surface area contributed by atoms with Crippen LogP contribution in [0.4, 0.5) is 0 Å². The molecule has 1 aliphatic heterocycles. The monoisotopic (exact) mass is 309 g/mol. The topological polar surface area (TPSA) is 21.7 Å². The van der Waals surface area contributed by atoms with Gasteiger partial charge in [0.2, 0.25) is 0 Å². The summed E-state index contributed by atoms with van der Waals surface area (Å²) in [5.41, 5.74) is 1.22. The van der Waals surface area contributed by atoms with Crippen molar-refractivity contribution in [2.24, 2.45) is 5.92 Å². The van der Waals surface area contributed by atoms with Crippen LogP contribution in [0.5, 0.6) is 11.5 Å². The summed E-state index contributed by atoms with van der Waals surface area (Å²) in [5, 5.41) is 0.671. The summed E-state index contributed by atoms with van der Waals surface area (Å²) >= 11 is 6.38. The summed E-state index contributed by atoms with van der Waals surface area (Å²) < 4.78 is 11.5.